The first-order valence-electron chi connectivity index (χ1n) is 10.3. The van der Waals surface area contributed by atoms with E-state index in [2.05, 4.69) is 15.5 Å². The van der Waals surface area contributed by atoms with Crippen molar-refractivity contribution in [2.75, 3.05) is 6.61 Å². The lowest BCUT2D eigenvalue weighted by Crippen LogP contribution is -2.25. The molecule has 0 bridgehead atoms. The van der Waals surface area contributed by atoms with Gasteiger partial charge in [-0.15, -0.1) is 0 Å². The number of amides is 1. The number of ether oxygens (including phenoxy) is 1. The highest BCUT2D eigenvalue weighted by atomic mass is 16.5. The summed E-state index contributed by atoms with van der Waals surface area (Å²) in [6.45, 7) is 11.6. The molecular formula is C24H33N3O3. The van der Waals surface area contributed by atoms with Crippen LogP contribution in [0.1, 0.15) is 49.9 Å². The van der Waals surface area contributed by atoms with Crippen LogP contribution < -0.4 is 10.2 Å². The molecule has 6 nitrogen and oxygen atoms in total. The van der Waals surface area contributed by atoms with Crippen LogP contribution in [0.4, 0.5) is 0 Å². The molecule has 0 radical (unpaired) electrons. The minimum absolute atomic E-state index is 0.0228. The van der Waals surface area contributed by atoms with E-state index >= 15 is 0 Å². The molecule has 1 amide bonds. The lowest BCUT2D eigenvalue weighted by Gasteiger charge is -2.12. The Kier molecular flexibility index (Phi) is 10.9. The molecule has 0 atom stereocenters. The largest absolute Gasteiger partial charge is 0.483 e. The summed E-state index contributed by atoms with van der Waals surface area (Å²) in [6, 6.07) is 11.5. The second kappa shape index (κ2) is 13.2. The fourth-order valence-corrected chi connectivity index (χ4v) is 2.93. The normalized spacial score (nSPS) is 10.1. The summed E-state index contributed by atoms with van der Waals surface area (Å²) in [4.78, 5) is 15.1. The maximum atomic E-state index is 12.0. The third-order valence-electron chi connectivity index (χ3n) is 4.07. The highest BCUT2D eigenvalue weighted by Crippen LogP contribution is 2.24. The number of aromatic nitrogens is 1. The van der Waals surface area contributed by atoms with Gasteiger partial charge in [-0.3, -0.25) is 4.79 Å². The van der Waals surface area contributed by atoms with E-state index in [1.165, 1.54) is 0 Å². The van der Waals surface area contributed by atoms with E-state index in [9.17, 15) is 9.90 Å². The highest BCUT2D eigenvalue weighted by Gasteiger charge is 2.09. The summed E-state index contributed by atoms with van der Waals surface area (Å²) < 4.78 is 5.62. The molecule has 0 saturated carbocycles. The lowest BCUT2D eigenvalue weighted by molar-refractivity contribution is -0.123. The van der Waals surface area contributed by atoms with E-state index in [1.807, 2.05) is 84.1 Å². The monoisotopic (exact) mass is 411 g/mol. The van der Waals surface area contributed by atoms with Crippen LogP contribution in [0.15, 0.2) is 47.7 Å². The van der Waals surface area contributed by atoms with E-state index < -0.39 is 0 Å². The number of hydrogen-bond donors (Lipinski definition) is 3. The van der Waals surface area contributed by atoms with Crippen LogP contribution in [0.3, 0.4) is 0 Å². The predicted octanol–water partition coefficient (Wildman–Crippen LogP) is 4.86. The number of H-pyrrole nitrogens is 1. The first kappa shape index (κ1) is 24.9. The van der Waals surface area contributed by atoms with Crippen molar-refractivity contribution in [3.63, 3.8) is 0 Å². The van der Waals surface area contributed by atoms with E-state index in [-0.39, 0.29) is 19.1 Å². The molecular weight excluding hydrogens is 378 g/mol. The molecule has 1 aromatic heterocycles. The number of aryl methyl sites for hydroxylation is 2. The minimum atomic E-state index is -0.340. The fraction of sp³-hybridized carbons (Fsp3) is 0.333. The number of benzene rings is 2. The van der Waals surface area contributed by atoms with Crippen molar-refractivity contribution in [2.24, 2.45) is 5.10 Å². The van der Waals surface area contributed by atoms with E-state index in [1.54, 1.807) is 6.21 Å². The number of fused-ring (bicyclic) bond motifs is 1. The number of aliphatic hydroxyl groups is 1. The van der Waals surface area contributed by atoms with Crippen LogP contribution >= 0.6 is 0 Å². The van der Waals surface area contributed by atoms with Crippen molar-refractivity contribution in [1.29, 1.82) is 0 Å². The number of nitrogens with one attached hydrogen (secondary N) is 2. The molecule has 0 fully saturated rings. The molecule has 0 spiro atoms. The van der Waals surface area contributed by atoms with Gasteiger partial charge in [0.1, 0.15) is 5.75 Å². The number of rotatable bonds is 6. The minimum Gasteiger partial charge on any atom is -0.483 e. The average molecular weight is 412 g/mol. The highest BCUT2D eigenvalue weighted by molar-refractivity contribution is 5.98. The van der Waals surface area contributed by atoms with Crippen LogP contribution in [-0.2, 0) is 11.4 Å². The van der Waals surface area contributed by atoms with E-state index in [4.69, 9.17) is 4.74 Å². The van der Waals surface area contributed by atoms with Gasteiger partial charge in [0.05, 0.1) is 12.8 Å². The number of nitrogens with zero attached hydrogens (tertiary/aromatic N) is 1. The molecule has 3 rings (SSSR count). The maximum Gasteiger partial charge on any atom is 0.277 e. The Balaban J connectivity index is 0.00000106. The zero-order valence-corrected chi connectivity index (χ0v) is 18.7. The molecule has 162 valence electrons. The van der Waals surface area contributed by atoms with Crippen LogP contribution in [0.5, 0.6) is 5.75 Å². The van der Waals surface area contributed by atoms with Crippen LogP contribution in [0, 0.1) is 13.8 Å². The van der Waals surface area contributed by atoms with Crippen molar-refractivity contribution in [1.82, 2.24) is 10.4 Å². The van der Waals surface area contributed by atoms with E-state index in [0.717, 1.165) is 33.2 Å². The number of hydrazone groups is 1. The van der Waals surface area contributed by atoms with Gasteiger partial charge in [-0.05, 0) is 42.7 Å². The summed E-state index contributed by atoms with van der Waals surface area (Å²) >= 11 is 0. The molecule has 0 aliphatic heterocycles. The van der Waals surface area contributed by atoms with Gasteiger partial charge in [0.2, 0.25) is 0 Å². The number of carbonyl (C=O) groups is 1. The number of hydrogen-bond acceptors (Lipinski definition) is 4. The van der Waals surface area contributed by atoms with Crippen LogP contribution in [0.2, 0.25) is 0 Å². The van der Waals surface area contributed by atoms with Crippen molar-refractivity contribution < 1.29 is 14.6 Å². The molecule has 1 heterocycles. The molecule has 0 saturated heterocycles. The van der Waals surface area contributed by atoms with Gasteiger partial charge < -0.3 is 14.8 Å². The summed E-state index contributed by atoms with van der Waals surface area (Å²) in [5.41, 5.74) is 6.98. The smallest absolute Gasteiger partial charge is 0.277 e. The quantitative estimate of drug-likeness (QED) is 0.400. The Bertz CT molecular complexity index is 938. The Labute approximate surface area is 179 Å². The van der Waals surface area contributed by atoms with Gasteiger partial charge in [0, 0.05) is 22.7 Å². The molecule has 30 heavy (non-hydrogen) atoms. The maximum absolute atomic E-state index is 12.0. The SMILES string of the molecule is CC.CC.Cc1cc(CO)cc(C)c1OCC(=O)N/N=C/c1cccc2[nH]ccc12. The second-order valence-corrected chi connectivity index (χ2v) is 6.08. The van der Waals surface area contributed by atoms with E-state index in [0.29, 0.717) is 5.75 Å². The van der Waals surface area contributed by atoms with Crippen molar-refractivity contribution >= 4 is 23.0 Å². The molecule has 0 aliphatic rings. The Morgan fingerprint density at radius 2 is 1.80 bits per heavy atom. The number of carbonyl (C=O) groups excluding carboxylic acids is 1. The molecule has 3 N–H and O–H groups in total. The summed E-state index contributed by atoms with van der Waals surface area (Å²) in [7, 11) is 0. The van der Waals surface area contributed by atoms with Crippen molar-refractivity contribution in [3.8, 4) is 5.75 Å². The molecule has 0 aliphatic carbocycles. The van der Waals surface area contributed by atoms with Gasteiger partial charge in [0.15, 0.2) is 6.61 Å². The van der Waals surface area contributed by atoms with Gasteiger partial charge >= 0.3 is 0 Å². The van der Waals surface area contributed by atoms with Crippen LogP contribution in [-0.4, -0.2) is 28.8 Å². The summed E-state index contributed by atoms with van der Waals surface area (Å²) in [5.74, 6) is 0.311. The number of aliphatic hydroxyl groups excluding tert-OH is 1. The van der Waals surface area contributed by atoms with Gasteiger partial charge in [-0.25, -0.2) is 5.43 Å². The van der Waals surface area contributed by atoms with Crippen molar-refractivity contribution in [3.05, 3.63) is 64.8 Å². The third-order valence-corrected chi connectivity index (χ3v) is 4.07. The number of aromatic amines is 1. The first-order valence-corrected chi connectivity index (χ1v) is 10.3. The summed E-state index contributed by atoms with van der Waals surface area (Å²) in [5, 5.41) is 14.3. The molecule has 0 unspecified atom stereocenters. The van der Waals surface area contributed by atoms with Gasteiger partial charge in [-0.1, -0.05) is 52.0 Å². The third kappa shape index (κ3) is 6.74. The molecule has 3 aromatic rings. The second-order valence-electron chi connectivity index (χ2n) is 6.08. The first-order chi connectivity index (χ1) is 14.6. The molecule has 2 aromatic carbocycles. The zero-order chi connectivity index (χ0) is 22.5. The topological polar surface area (TPSA) is 86.7 Å². The zero-order valence-electron chi connectivity index (χ0n) is 18.7. The van der Waals surface area contributed by atoms with Gasteiger partial charge in [0.25, 0.3) is 5.91 Å². The van der Waals surface area contributed by atoms with Gasteiger partial charge in [-0.2, -0.15) is 5.10 Å². The Hall–Kier alpha value is -3.12. The summed E-state index contributed by atoms with van der Waals surface area (Å²) in [6.07, 6.45) is 3.47. The fourth-order valence-electron chi connectivity index (χ4n) is 2.93. The lowest BCUT2D eigenvalue weighted by atomic mass is 10.1. The Morgan fingerprint density at radius 3 is 2.43 bits per heavy atom. The average Bonchev–Trinajstić information content (AvgIpc) is 3.25. The predicted molar refractivity (Wildman–Crippen MR) is 124 cm³/mol. The van der Waals surface area contributed by atoms with Crippen molar-refractivity contribution in [2.45, 2.75) is 48.1 Å². The van der Waals surface area contributed by atoms with Crippen LogP contribution in [0.25, 0.3) is 10.9 Å². The molecule has 6 heteroatoms. The Morgan fingerprint density at radius 1 is 1.13 bits per heavy atom. The standard InChI is InChI=1S/C20H21N3O3.2C2H6/c1-13-8-15(11-24)9-14(2)20(13)26-12-19(25)23-22-10-16-4-3-5-18-17(16)6-7-21-18;2*1-2/h3-10,21,24H,11-12H2,1-2H3,(H,23,25);2*1-2H3/b22-10+;;.